The number of nitrogens with one attached hydrogen (secondary N) is 2. The topological polar surface area (TPSA) is 122 Å². The van der Waals surface area contributed by atoms with E-state index in [4.69, 9.17) is 27.9 Å². The van der Waals surface area contributed by atoms with Gasteiger partial charge in [-0.15, -0.1) is 23.2 Å². The number of alkyl halides is 2. The molecule has 0 radical (unpaired) electrons. The Kier molecular flexibility index (Phi) is 6.68. The third-order valence-corrected chi connectivity index (χ3v) is 8.49. The van der Waals surface area contributed by atoms with Crippen LogP contribution in [0.25, 0.3) is 0 Å². The highest BCUT2D eigenvalue weighted by Gasteiger charge is 2.66. The highest BCUT2D eigenvalue weighted by molar-refractivity contribution is 6.32. The summed E-state index contributed by atoms with van der Waals surface area (Å²) < 4.78 is 5.08. The van der Waals surface area contributed by atoms with Gasteiger partial charge in [0.15, 0.2) is 6.61 Å². The summed E-state index contributed by atoms with van der Waals surface area (Å²) in [6.45, 7) is 0.880. The highest BCUT2D eigenvalue weighted by Crippen LogP contribution is 2.59. The normalized spacial score (nSPS) is 27.7. The Morgan fingerprint density at radius 3 is 1.89 bits per heavy atom. The maximum atomic E-state index is 13.1. The molecule has 2 saturated carbocycles. The van der Waals surface area contributed by atoms with Crippen LogP contribution in [0.4, 0.5) is 17.1 Å². The van der Waals surface area contributed by atoms with Crippen LogP contribution in [0.1, 0.15) is 23.7 Å². The molecule has 1 heterocycles. The predicted octanol–water partition coefficient (Wildman–Crippen LogP) is 3.41. The molecule has 0 unspecified atom stereocenters. The van der Waals surface area contributed by atoms with Gasteiger partial charge in [-0.05, 0) is 66.8 Å². The Hall–Kier alpha value is -3.43. The van der Waals surface area contributed by atoms with E-state index in [-0.39, 0.29) is 45.9 Å². The second-order valence-electron chi connectivity index (χ2n) is 9.45. The lowest BCUT2D eigenvalue weighted by Gasteiger charge is -2.28. The number of carbonyl (C=O) groups is 5. The number of carbonyl (C=O) groups excluding carboxylic acids is 5. The molecule has 2 aromatic carbocycles. The predicted molar refractivity (Wildman–Crippen MR) is 136 cm³/mol. The standard InChI is InChI=1S/C26H23Cl2N3O6/c1-12(32)29-14-4-6-15(7-5-14)30-19(33)11-37-26(36)13-2-8-16(9-3-13)31-24(34)20-17-10-18(21(20)25(31)35)23(28)22(17)27/h2-9,17-18,20-23H,10-11H2,1H3,(H,29,32)(H,30,33)/t17-,18-,20-,21-,22-,23+/m1/s1. The Labute approximate surface area is 222 Å². The molecule has 2 aromatic rings. The molecule has 11 heteroatoms. The molecule has 9 nitrogen and oxygen atoms in total. The Morgan fingerprint density at radius 1 is 0.865 bits per heavy atom. The molecule has 0 spiro atoms. The smallest absolute Gasteiger partial charge is 0.338 e. The van der Waals surface area contributed by atoms with E-state index in [9.17, 15) is 24.0 Å². The summed E-state index contributed by atoms with van der Waals surface area (Å²) in [5.74, 6) is -3.19. The van der Waals surface area contributed by atoms with E-state index in [0.29, 0.717) is 23.5 Å². The quantitative estimate of drug-likeness (QED) is 0.327. The summed E-state index contributed by atoms with van der Waals surface area (Å²) in [6.07, 6.45) is 0.684. The number of fused-ring (bicyclic) bond motifs is 5. The molecule has 3 fully saturated rings. The molecular formula is C26H23Cl2N3O6. The molecule has 5 rings (SSSR count). The molecule has 2 bridgehead atoms. The molecule has 37 heavy (non-hydrogen) atoms. The molecule has 4 amide bonds. The SMILES string of the molecule is CC(=O)Nc1ccc(NC(=O)COC(=O)c2ccc(N3C(=O)[C@@H]4[C@H]5C[C@@H]([C@@H](Cl)[C@H]5Cl)[C@H]4C3=O)cc2)cc1. The van der Waals surface area contributed by atoms with Gasteiger partial charge in [-0.2, -0.15) is 0 Å². The number of imide groups is 1. The maximum Gasteiger partial charge on any atom is 0.338 e. The number of rotatable bonds is 6. The number of ether oxygens (including phenoxy) is 1. The third kappa shape index (κ3) is 4.57. The number of benzene rings is 2. The Bertz CT molecular complexity index is 1250. The first-order valence-corrected chi connectivity index (χ1v) is 12.6. The van der Waals surface area contributed by atoms with Crippen LogP contribution in [0.5, 0.6) is 0 Å². The van der Waals surface area contributed by atoms with E-state index in [1.165, 1.54) is 31.2 Å². The number of amides is 4. The lowest BCUT2D eigenvalue weighted by molar-refractivity contribution is -0.123. The van der Waals surface area contributed by atoms with E-state index in [1.807, 2.05) is 0 Å². The molecule has 2 N–H and O–H groups in total. The van der Waals surface area contributed by atoms with Crippen LogP contribution in [0.15, 0.2) is 48.5 Å². The van der Waals surface area contributed by atoms with Crippen molar-refractivity contribution >= 4 is 69.9 Å². The minimum Gasteiger partial charge on any atom is -0.452 e. The van der Waals surface area contributed by atoms with Crippen LogP contribution in [0.3, 0.4) is 0 Å². The summed E-state index contributed by atoms with van der Waals surface area (Å²) in [6, 6.07) is 12.3. The number of anilines is 3. The zero-order valence-electron chi connectivity index (χ0n) is 19.6. The summed E-state index contributed by atoms with van der Waals surface area (Å²) in [5, 5.41) is 4.55. The first kappa shape index (κ1) is 25.2. The number of halogens is 2. The molecule has 3 aliphatic rings. The number of hydrogen-bond donors (Lipinski definition) is 2. The molecule has 0 aromatic heterocycles. The minimum atomic E-state index is -0.730. The van der Waals surface area contributed by atoms with Gasteiger partial charge >= 0.3 is 5.97 Å². The van der Waals surface area contributed by atoms with Crippen LogP contribution in [0, 0.1) is 23.7 Å². The first-order valence-electron chi connectivity index (χ1n) is 11.8. The van der Waals surface area contributed by atoms with Gasteiger partial charge in [0.1, 0.15) is 0 Å². The fourth-order valence-electron chi connectivity index (χ4n) is 5.60. The lowest BCUT2D eigenvalue weighted by Crippen LogP contribution is -2.37. The number of nitrogens with zero attached hydrogens (tertiary/aromatic N) is 1. The van der Waals surface area contributed by atoms with Gasteiger partial charge in [0.05, 0.1) is 33.8 Å². The average Bonchev–Trinajstić information content (AvgIpc) is 3.48. The van der Waals surface area contributed by atoms with Crippen molar-refractivity contribution in [1.29, 1.82) is 0 Å². The molecular weight excluding hydrogens is 521 g/mol. The molecule has 1 saturated heterocycles. The van der Waals surface area contributed by atoms with E-state index < -0.39 is 30.3 Å². The van der Waals surface area contributed by atoms with Crippen LogP contribution >= 0.6 is 23.2 Å². The monoisotopic (exact) mass is 543 g/mol. The van der Waals surface area contributed by atoms with Crippen molar-refractivity contribution in [2.45, 2.75) is 24.1 Å². The average molecular weight is 544 g/mol. The van der Waals surface area contributed by atoms with Crippen molar-refractivity contribution in [3.05, 3.63) is 54.1 Å². The zero-order valence-corrected chi connectivity index (χ0v) is 21.2. The van der Waals surface area contributed by atoms with Crippen molar-refractivity contribution in [3.8, 4) is 0 Å². The van der Waals surface area contributed by atoms with E-state index in [1.54, 1.807) is 24.3 Å². The number of esters is 1. The van der Waals surface area contributed by atoms with E-state index in [2.05, 4.69) is 10.6 Å². The number of hydrogen-bond acceptors (Lipinski definition) is 6. The molecule has 6 atom stereocenters. The summed E-state index contributed by atoms with van der Waals surface area (Å²) in [5.41, 5.74) is 1.58. The van der Waals surface area contributed by atoms with E-state index in [0.717, 1.165) is 4.90 Å². The zero-order chi connectivity index (χ0) is 26.4. The van der Waals surface area contributed by atoms with Gasteiger partial charge in [-0.3, -0.25) is 24.1 Å². The molecule has 1 aliphatic heterocycles. The van der Waals surface area contributed by atoms with Crippen LogP contribution in [0.2, 0.25) is 0 Å². The van der Waals surface area contributed by atoms with Crippen LogP contribution in [-0.2, 0) is 23.9 Å². The Balaban J connectivity index is 1.17. The molecule has 192 valence electrons. The second-order valence-corrected chi connectivity index (χ2v) is 10.5. The fraction of sp³-hybridized carbons (Fsp3) is 0.346. The van der Waals surface area contributed by atoms with Gasteiger partial charge in [-0.1, -0.05) is 0 Å². The summed E-state index contributed by atoms with van der Waals surface area (Å²) >= 11 is 12.8. The van der Waals surface area contributed by atoms with Crippen molar-refractivity contribution in [2.75, 3.05) is 22.1 Å². The van der Waals surface area contributed by atoms with Gasteiger partial charge in [0, 0.05) is 18.3 Å². The van der Waals surface area contributed by atoms with Crippen molar-refractivity contribution < 1.29 is 28.7 Å². The van der Waals surface area contributed by atoms with E-state index >= 15 is 0 Å². The van der Waals surface area contributed by atoms with Crippen LogP contribution < -0.4 is 15.5 Å². The second kappa shape index (κ2) is 9.79. The van der Waals surface area contributed by atoms with Gasteiger partial charge in [0.2, 0.25) is 17.7 Å². The lowest BCUT2D eigenvalue weighted by atomic mass is 9.80. The third-order valence-electron chi connectivity index (χ3n) is 7.17. The minimum absolute atomic E-state index is 0.115. The van der Waals surface area contributed by atoms with Gasteiger partial charge in [0.25, 0.3) is 5.91 Å². The molecule has 2 aliphatic carbocycles. The Morgan fingerprint density at radius 2 is 1.38 bits per heavy atom. The maximum absolute atomic E-state index is 13.1. The summed E-state index contributed by atoms with van der Waals surface area (Å²) in [4.78, 5) is 63.0. The van der Waals surface area contributed by atoms with Crippen molar-refractivity contribution in [1.82, 2.24) is 0 Å². The van der Waals surface area contributed by atoms with Crippen molar-refractivity contribution in [3.63, 3.8) is 0 Å². The van der Waals surface area contributed by atoms with Gasteiger partial charge < -0.3 is 15.4 Å². The summed E-state index contributed by atoms with van der Waals surface area (Å²) in [7, 11) is 0. The first-order chi connectivity index (χ1) is 17.7. The highest BCUT2D eigenvalue weighted by atomic mass is 35.5. The largest absolute Gasteiger partial charge is 0.452 e. The fourth-order valence-corrected chi connectivity index (χ4v) is 6.49. The van der Waals surface area contributed by atoms with Gasteiger partial charge in [-0.25, -0.2) is 4.79 Å². The van der Waals surface area contributed by atoms with Crippen LogP contribution in [-0.4, -0.2) is 47.0 Å². The van der Waals surface area contributed by atoms with Crippen molar-refractivity contribution in [2.24, 2.45) is 23.7 Å².